The lowest BCUT2D eigenvalue weighted by atomic mass is 9.82. The van der Waals surface area contributed by atoms with Gasteiger partial charge < -0.3 is 4.40 Å². The summed E-state index contributed by atoms with van der Waals surface area (Å²) in [6.45, 7) is 6.92. The Labute approximate surface area is 329 Å². The third-order valence-electron chi connectivity index (χ3n) is 12.6. The van der Waals surface area contributed by atoms with Gasteiger partial charge in [-0.2, -0.15) is 0 Å². The van der Waals surface area contributed by atoms with E-state index in [4.69, 9.17) is 0 Å². The van der Waals surface area contributed by atoms with E-state index in [2.05, 4.69) is 195 Å². The van der Waals surface area contributed by atoms with E-state index in [0.717, 1.165) is 65.6 Å². The average Bonchev–Trinajstić information content (AvgIpc) is 3.26. The summed E-state index contributed by atoms with van der Waals surface area (Å²) in [4.78, 5) is 15.4. The van der Waals surface area contributed by atoms with Crippen LogP contribution in [-0.4, -0.2) is 4.40 Å². The Morgan fingerprint density at radius 1 is 0.351 bits per heavy atom. The molecule has 0 N–H and O–H groups in total. The number of hydrogen-bond acceptors (Lipinski definition) is 1. The monoisotopic (exact) mass is 727 g/mol. The van der Waals surface area contributed by atoms with Crippen LogP contribution in [0.15, 0.2) is 175 Å². The molecule has 0 aliphatic heterocycles. The summed E-state index contributed by atoms with van der Waals surface area (Å²) in [7, 11) is 0. The second-order valence-electron chi connectivity index (χ2n) is 16.8. The lowest BCUT2D eigenvalue weighted by Crippen LogP contribution is -2.14. The first kappa shape index (κ1) is 32.2. The molecule has 0 atom stereocenters. The molecular formula is C55H37NO. The van der Waals surface area contributed by atoms with Crippen LogP contribution in [0.1, 0.15) is 26.3 Å². The van der Waals surface area contributed by atoms with Crippen LogP contribution >= 0.6 is 0 Å². The van der Waals surface area contributed by atoms with Crippen molar-refractivity contribution in [1.29, 1.82) is 0 Å². The van der Waals surface area contributed by atoms with Crippen LogP contribution in [-0.2, 0) is 5.41 Å². The first-order chi connectivity index (χ1) is 27.8. The van der Waals surface area contributed by atoms with Gasteiger partial charge in [-0.1, -0.05) is 166 Å². The molecule has 268 valence electrons. The molecule has 3 aromatic heterocycles. The summed E-state index contributed by atoms with van der Waals surface area (Å²) in [6, 6.07) is 61.3. The Kier molecular flexibility index (Phi) is 6.51. The van der Waals surface area contributed by atoms with Gasteiger partial charge in [0.2, 0.25) is 0 Å². The maximum atomic E-state index is 15.4. The minimum absolute atomic E-state index is 0.0761. The predicted molar refractivity (Wildman–Crippen MR) is 243 cm³/mol. The summed E-state index contributed by atoms with van der Waals surface area (Å²) in [6.07, 6.45) is 0. The number of hydrogen-bond donors (Lipinski definition) is 0. The minimum Gasteiger partial charge on any atom is -0.306 e. The lowest BCUT2D eigenvalue weighted by molar-refractivity contribution is 0.592. The highest BCUT2D eigenvalue weighted by molar-refractivity contribution is 6.35. The molecular weight excluding hydrogens is 691 g/mol. The van der Waals surface area contributed by atoms with Crippen LogP contribution < -0.4 is 5.43 Å². The van der Waals surface area contributed by atoms with E-state index in [1.54, 1.807) is 0 Å². The highest BCUT2D eigenvalue weighted by Crippen LogP contribution is 2.49. The van der Waals surface area contributed by atoms with E-state index in [0.29, 0.717) is 0 Å². The number of nitrogens with zero attached hydrogens (tertiary/aromatic N) is 1. The number of rotatable bonds is 4. The van der Waals surface area contributed by atoms with Crippen LogP contribution in [0, 0.1) is 0 Å². The third-order valence-corrected chi connectivity index (χ3v) is 12.6. The van der Waals surface area contributed by atoms with Crippen molar-refractivity contribution in [2.24, 2.45) is 0 Å². The molecule has 0 radical (unpaired) electrons. The molecule has 0 aliphatic carbocycles. The van der Waals surface area contributed by atoms with Crippen LogP contribution in [0.2, 0.25) is 0 Å². The number of aromatic nitrogens is 1. The van der Waals surface area contributed by atoms with Crippen LogP contribution in [0.5, 0.6) is 0 Å². The van der Waals surface area contributed by atoms with Crippen LogP contribution in [0.4, 0.5) is 0 Å². The number of fused-ring (bicyclic) bond motifs is 2. The standard InChI is InChI=1S/C55H37NO/c1-55(2,3)38-28-45-41-18-10-16-39-43(36-24-20-34(21-25-36)32-12-6-4-7-13-32)30-47-52(49(39)41)56-51(45)46(29-38)42-19-11-17-40-44(31-48(54(47)57)53(56)50(40)42)37-26-22-35(23-27-37)33-14-8-5-9-15-33/h4-31H,1-3H3. The molecule has 0 saturated heterocycles. The Morgan fingerprint density at radius 2 is 0.737 bits per heavy atom. The van der Waals surface area contributed by atoms with Crippen molar-refractivity contribution >= 4 is 70.4 Å². The first-order valence-electron chi connectivity index (χ1n) is 19.9. The molecule has 2 heteroatoms. The van der Waals surface area contributed by atoms with Crippen LogP contribution in [0.25, 0.3) is 115 Å². The number of pyridine rings is 3. The zero-order valence-electron chi connectivity index (χ0n) is 32.0. The van der Waals surface area contributed by atoms with Gasteiger partial charge in [0.15, 0.2) is 5.43 Å². The van der Waals surface area contributed by atoms with E-state index in [-0.39, 0.29) is 10.8 Å². The first-order valence-corrected chi connectivity index (χ1v) is 19.9. The van der Waals surface area contributed by atoms with Gasteiger partial charge in [0, 0.05) is 32.3 Å². The van der Waals surface area contributed by atoms with Gasteiger partial charge in [0.25, 0.3) is 0 Å². The van der Waals surface area contributed by atoms with E-state index in [9.17, 15) is 0 Å². The third kappa shape index (κ3) is 4.50. The molecule has 0 saturated carbocycles. The molecule has 0 aliphatic rings. The molecule has 0 amide bonds. The Bertz CT molecular complexity index is 3350. The van der Waals surface area contributed by atoms with Gasteiger partial charge in [-0.05, 0) is 101 Å². The zero-order chi connectivity index (χ0) is 38.2. The van der Waals surface area contributed by atoms with E-state index < -0.39 is 0 Å². The quantitative estimate of drug-likeness (QED) is 0.131. The highest BCUT2D eigenvalue weighted by Gasteiger charge is 2.28. The molecule has 0 fully saturated rings. The van der Waals surface area contributed by atoms with Gasteiger partial charge in [-0.15, -0.1) is 0 Å². The Morgan fingerprint density at radius 3 is 1.16 bits per heavy atom. The van der Waals surface area contributed by atoms with E-state index in [1.807, 2.05) is 0 Å². The SMILES string of the molecule is CC(C)(C)c1cc2c3cccc4c(-c5ccc(-c6ccccc6)cc5)cc5c(=O)c6cc(-c7ccc(-c8ccccc8)cc7)c7cccc8c(c1)c2n(c5c43)c6c78. The van der Waals surface area contributed by atoms with Crippen molar-refractivity contribution in [3.63, 3.8) is 0 Å². The second kappa shape index (κ2) is 11.5. The molecule has 0 spiro atoms. The summed E-state index contributed by atoms with van der Waals surface area (Å²) in [5.74, 6) is 0. The van der Waals surface area contributed by atoms with Crippen molar-refractivity contribution in [2.75, 3.05) is 0 Å². The molecule has 2 nitrogen and oxygen atoms in total. The van der Waals surface area contributed by atoms with Crippen molar-refractivity contribution in [3.05, 3.63) is 186 Å². The molecule has 3 heterocycles. The average molecular weight is 728 g/mol. The summed E-state index contributed by atoms with van der Waals surface area (Å²) in [5.41, 5.74) is 13.6. The fraction of sp³-hybridized carbons (Fsp3) is 0.0727. The predicted octanol–water partition coefficient (Wildman–Crippen LogP) is 14.5. The zero-order valence-corrected chi connectivity index (χ0v) is 32.0. The van der Waals surface area contributed by atoms with Gasteiger partial charge in [-0.3, -0.25) is 4.79 Å². The Hall–Kier alpha value is -7.03. The number of benzene rings is 9. The van der Waals surface area contributed by atoms with Gasteiger partial charge >= 0.3 is 0 Å². The van der Waals surface area contributed by atoms with E-state index in [1.165, 1.54) is 54.9 Å². The lowest BCUT2D eigenvalue weighted by Gasteiger charge is -2.27. The van der Waals surface area contributed by atoms with Crippen molar-refractivity contribution in [1.82, 2.24) is 4.40 Å². The molecule has 0 bridgehead atoms. The highest BCUT2D eigenvalue weighted by atomic mass is 16.1. The minimum atomic E-state index is -0.0766. The molecule has 0 unspecified atom stereocenters. The van der Waals surface area contributed by atoms with E-state index >= 15 is 4.79 Å². The largest absolute Gasteiger partial charge is 0.306 e. The fourth-order valence-electron chi connectivity index (χ4n) is 9.80. The maximum absolute atomic E-state index is 15.4. The normalized spacial score (nSPS) is 12.5. The maximum Gasteiger partial charge on any atom is 0.197 e. The van der Waals surface area contributed by atoms with Gasteiger partial charge in [0.05, 0.1) is 16.6 Å². The molecule has 57 heavy (non-hydrogen) atoms. The topological polar surface area (TPSA) is 21.5 Å². The van der Waals surface area contributed by atoms with Crippen molar-refractivity contribution in [3.8, 4) is 44.5 Å². The Balaban J connectivity index is 1.24. The van der Waals surface area contributed by atoms with Crippen molar-refractivity contribution in [2.45, 2.75) is 26.2 Å². The fourth-order valence-corrected chi connectivity index (χ4v) is 9.80. The second-order valence-corrected chi connectivity index (χ2v) is 16.8. The summed E-state index contributed by atoms with van der Waals surface area (Å²) < 4.78 is 2.47. The van der Waals surface area contributed by atoms with Crippen LogP contribution in [0.3, 0.4) is 0 Å². The molecule has 12 aromatic rings. The summed E-state index contributed by atoms with van der Waals surface area (Å²) >= 11 is 0. The van der Waals surface area contributed by atoms with Gasteiger partial charge in [0.1, 0.15) is 0 Å². The smallest absolute Gasteiger partial charge is 0.197 e. The molecule has 9 aromatic carbocycles. The molecule has 12 rings (SSSR count). The summed E-state index contributed by atoms with van der Waals surface area (Å²) in [5, 5.41) is 10.9. The van der Waals surface area contributed by atoms with Gasteiger partial charge in [-0.25, -0.2) is 0 Å². The van der Waals surface area contributed by atoms with Crippen molar-refractivity contribution < 1.29 is 0 Å².